The molecule has 3 rings (SSSR count). The zero-order chi connectivity index (χ0) is 16.3. The molecule has 0 unspecified atom stereocenters. The molecule has 0 heterocycles. The van der Waals surface area contributed by atoms with Crippen LogP contribution in [0.25, 0.3) is 0 Å². The summed E-state index contributed by atoms with van der Waals surface area (Å²) in [5.74, 6) is 0.988. The summed E-state index contributed by atoms with van der Waals surface area (Å²) in [6, 6.07) is 16.3. The SMILES string of the molecule is COc1ccccc1C1(CNCc2ccc([S@](C)=O)cc2)CC1. The summed E-state index contributed by atoms with van der Waals surface area (Å²) in [5.41, 5.74) is 2.75. The summed E-state index contributed by atoms with van der Waals surface area (Å²) < 4.78 is 16.9. The molecule has 23 heavy (non-hydrogen) atoms. The van der Waals surface area contributed by atoms with Crippen LogP contribution in [0, 0.1) is 0 Å². The summed E-state index contributed by atoms with van der Waals surface area (Å²) in [4.78, 5) is 0.876. The molecule has 1 fully saturated rings. The van der Waals surface area contributed by atoms with Crippen LogP contribution in [0.5, 0.6) is 5.75 Å². The average molecular weight is 329 g/mol. The molecule has 122 valence electrons. The van der Waals surface area contributed by atoms with Gasteiger partial charge >= 0.3 is 0 Å². The second-order valence-corrected chi connectivity index (χ2v) is 7.56. The molecule has 0 bridgehead atoms. The molecule has 0 amide bonds. The van der Waals surface area contributed by atoms with E-state index in [2.05, 4.69) is 17.4 Å². The minimum atomic E-state index is -0.910. The van der Waals surface area contributed by atoms with Gasteiger partial charge in [-0.25, -0.2) is 0 Å². The Bertz CT molecular complexity index is 693. The van der Waals surface area contributed by atoms with Gasteiger partial charge in [0.25, 0.3) is 0 Å². The lowest BCUT2D eigenvalue weighted by molar-refractivity contribution is 0.401. The molecule has 1 saturated carbocycles. The van der Waals surface area contributed by atoms with E-state index in [4.69, 9.17) is 4.74 Å². The van der Waals surface area contributed by atoms with Gasteiger partial charge in [0, 0.05) is 46.0 Å². The van der Waals surface area contributed by atoms with Gasteiger partial charge in [0.15, 0.2) is 0 Å². The van der Waals surface area contributed by atoms with E-state index < -0.39 is 10.8 Å². The number of methoxy groups -OCH3 is 1. The molecule has 0 aliphatic heterocycles. The lowest BCUT2D eigenvalue weighted by Crippen LogP contribution is -2.27. The second-order valence-electron chi connectivity index (χ2n) is 6.18. The standard InChI is InChI=1S/C19H23NO2S/c1-22-18-6-4-3-5-17(18)19(11-12-19)14-20-13-15-7-9-16(10-8-15)23(2)21/h3-10,20H,11-14H2,1-2H3/t23-/m0/s1. The molecule has 2 aromatic carbocycles. The summed E-state index contributed by atoms with van der Waals surface area (Å²) in [6.07, 6.45) is 4.11. The first-order valence-electron chi connectivity index (χ1n) is 7.91. The average Bonchev–Trinajstić information content (AvgIpc) is 3.36. The van der Waals surface area contributed by atoms with E-state index in [1.54, 1.807) is 13.4 Å². The van der Waals surface area contributed by atoms with Crippen molar-refractivity contribution in [3.8, 4) is 5.75 Å². The molecule has 1 aliphatic rings. The summed E-state index contributed by atoms with van der Waals surface area (Å²) in [7, 11) is 0.828. The normalized spacial score (nSPS) is 16.8. The van der Waals surface area contributed by atoms with Crippen LogP contribution in [-0.2, 0) is 22.8 Å². The van der Waals surface area contributed by atoms with Gasteiger partial charge in [0.2, 0.25) is 0 Å². The van der Waals surface area contributed by atoms with Crippen molar-refractivity contribution in [2.24, 2.45) is 0 Å². The molecule has 1 aliphatic carbocycles. The summed E-state index contributed by atoms with van der Waals surface area (Å²) in [6.45, 7) is 1.78. The largest absolute Gasteiger partial charge is 0.496 e. The lowest BCUT2D eigenvalue weighted by Gasteiger charge is -2.19. The predicted molar refractivity (Wildman–Crippen MR) is 94.4 cm³/mol. The van der Waals surface area contributed by atoms with Crippen LogP contribution >= 0.6 is 0 Å². The fourth-order valence-electron chi connectivity index (χ4n) is 3.02. The number of nitrogens with one attached hydrogen (secondary N) is 1. The van der Waals surface area contributed by atoms with Gasteiger partial charge < -0.3 is 10.1 Å². The Hall–Kier alpha value is -1.65. The number of hydrogen-bond acceptors (Lipinski definition) is 3. The lowest BCUT2D eigenvalue weighted by atomic mass is 9.95. The van der Waals surface area contributed by atoms with Gasteiger partial charge in [-0.15, -0.1) is 0 Å². The van der Waals surface area contributed by atoms with Crippen LogP contribution in [0.4, 0.5) is 0 Å². The Balaban J connectivity index is 1.61. The molecule has 0 aromatic heterocycles. The Morgan fingerprint density at radius 1 is 1.13 bits per heavy atom. The highest BCUT2D eigenvalue weighted by Gasteiger charge is 2.45. The van der Waals surface area contributed by atoms with E-state index in [9.17, 15) is 4.21 Å². The number of hydrogen-bond donors (Lipinski definition) is 1. The van der Waals surface area contributed by atoms with Gasteiger partial charge in [0.05, 0.1) is 7.11 Å². The number of para-hydroxylation sites is 1. The maximum atomic E-state index is 11.4. The van der Waals surface area contributed by atoms with Crippen molar-refractivity contribution in [1.29, 1.82) is 0 Å². The van der Waals surface area contributed by atoms with Crippen LogP contribution in [0.1, 0.15) is 24.0 Å². The molecule has 0 spiro atoms. The Kier molecular flexibility index (Phi) is 4.83. The third-order valence-corrected chi connectivity index (χ3v) is 5.52. The highest BCUT2D eigenvalue weighted by molar-refractivity contribution is 7.84. The van der Waals surface area contributed by atoms with Crippen molar-refractivity contribution in [3.05, 3.63) is 59.7 Å². The minimum Gasteiger partial charge on any atom is -0.496 e. The second kappa shape index (κ2) is 6.85. The Morgan fingerprint density at radius 3 is 2.43 bits per heavy atom. The first kappa shape index (κ1) is 16.2. The van der Waals surface area contributed by atoms with E-state index in [-0.39, 0.29) is 5.41 Å². The fourth-order valence-corrected chi connectivity index (χ4v) is 3.54. The van der Waals surface area contributed by atoms with E-state index in [1.165, 1.54) is 24.0 Å². The molecule has 2 aromatic rings. The van der Waals surface area contributed by atoms with Crippen molar-refractivity contribution in [2.45, 2.75) is 29.7 Å². The van der Waals surface area contributed by atoms with E-state index >= 15 is 0 Å². The highest BCUT2D eigenvalue weighted by atomic mass is 32.2. The monoisotopic (exact) mass is 329 g/mol. The number of rotatable bonds is 7. The van der Waals surface area contributed by atoms with Crippen molar-refractivity contribution in [2.75, 3.05) is 19.9 Å². The van der Waals surface area contributed by atoms with E-state index in [0.29, 0.717) is 0 Å². The highest BCUT2D eigenvalue weighted by Crippen LogP contribution is 2.50. The quantitative estimate of drug-likeness (QED) is 0.847. The molecule has 4 heteroatoms. The summed E-state index contributed by atoms with van der Waals surface area (Å²) in [5, 5.41) is 3.57. The van der Waals surface area contributed by atoms with Crippen LogP contribution in [0.15, 0.2) is 53.4 Å². The zero-order valence-corrected chi connectivity index (χ0v) is 14.5. The smallest absolute Gasteiger partial charge is 0.122 e. The number of ether oxygens (including phenoxy) is 1. The maximum absolute atomic E-state index is 11.4. The van der Waals surface area contributed by atoms with Crippen LogP contribution < -0.4 is 10.1 Å². The van der Waals surface area contributed by atoms with Gasteiger partial charge in [-0.05, 0) is 36.6 Å². The van der Waals surface area contributed by atoms with Gasteiger partial charge in [-0.1, -0.05) is 30.3 Å². The molecule has 0 radical (unpaired) electrons. The molecular weight excluding hydrogens is 306 g/mol. The Labute approximate surface area is 140 Å². The summed E-state index contributed by atoms with van der Waals surface area (Å²) >= 11 is 0. The first-order chi connectivity index (χ1) is 11.1. The van der Waals surface area contributed by atoms with Crippen molar-refractivity contribution >= 4 is 10.8 Å². The van der Waals surface area contributed by atoms with Crippen LogP contribution in [0.2, 0.25) is 0 Å². The van der Waals surface area contributed by atoms with E-state index in [0.717, 1.165) is 23.7 Å². The third kappa shape index (κ3) is 3.65. The molecule has 1 N–H and O–H groups in total. The number of benzene rings is 2. The van der Waals surface area contributed by atoms with Crippen molar-refractivity contribution < 1.29 is 8.95 Å². The molecule has 3 nitrogen and oxygen atoms in total. The predicted octanol–water partition coefficient (Wildman–Crippen LogP) is 3.25. The third-order valence-electron chi connectivity index (χ3n) is 4.58. The Morgan fingerprint density at radius 2 is 1.83 bits per heavy atom. The molecular formula is C19H23NO2S. The van der Waals surface area contributed by atoms with Gasteiger partial charge in [-0.3, -0.25) is 4.21 Å². The maximum Gasteiger partial charge on any atom is 0.122 e. The van der Waals surface area contributed by atoms with E-state index in [1.807, 2.05) is 36.4 Å². The molecule has 1 atom stereocenters. The minimum absolute atomic E-state index is 0.220. The van der Waals surface area contributed by atoms with Crippen LogP contribution in [0.3, 0.4) is 0 Å². The van der Waals surface area contributed by atoms with Crippen molar-refractivity contribution in [1.82, 2.24) is 5.32 Å². The fraction of sp³-hybridized carbons (Fsp3) is 0.368. The topological polar surface area (TPSA) is 38.3 Å². The van der Waals surface area contributed by atoms with Gasteiger partial charge in [-0.2, -0.15) is 0 Å². The first-order valence-corrected chi connectivity index (χ1v) is 9.47. The zero-order valence-electron chi connectivity index (χ0n) is 13.7. The van der Waals surface area contributed by atoms with Gasteiger partial charge in [0.1, 0.15) is 5.75 Å². The van der Waals surface area contributed by atoms with Crippen molar-refractivity contribution in [3.63, 3.8) is 0 Å². The molecule has 0 saturated heterocycles. The van der Waals surface area contributed by atoms with Crippen LogP contribution in [-0.4, -0.2) is 24.1 Å².